The third-order valence-electron chi connectivity index (χ3n) is 3.69. The average Bonchev–Trinajstić information content (AvgIpc) is 2.86. The second-order valence-corrected chi connectivity index (χ2v) is 6.31. The molecule has 1 aromatic rings. The minimum absolute atomic E-state index is 0.418. The zero-order valence-electron chi connectivity index (χ0n) is 11.4. The molecule has 0 aromatic carbocycles. The smallest absolute Gasteiger partial charge is 0.110 e. The molecule has 0 N–H and O–H groups in total. The van der Waals surface area contributed by atoms with Crippen molar-refractivity contribution in [3.8, 4) is 0 Å². The van der Waals surface area contributed by atoms with Crippen LogP contribution in [-0.4, -0.2) is 47.0 Å². The number of piperazine rings is 1. The van der Waals surface area contributed by atoms with Crippen LogP contribution in [0.1, 0.15) is 37.5 Å². The van der Waals surface area contributed by atoms with E-state index in [0.717, 1.165) is 31.9 Å². The summed E-state index contributed by atoms with van der Waals surface area (Å²) in [5, 5.41) is 3.27. The van der Waals surface area contributed by atoms with Crippen LogP contribution in [0.25, 0.3) is 0 Å². The Hall–Kier alpha value is -0.160. The van der Waals surface area contributed by atoms with Crippen LogP contribution in [0.5, 0.6) is 0 Å². The molecule has 2 heterocycles. The largest absolute Gasteiger partial charge is 0.298 e. The molecule has 1 aliphatic heterocycles. The zero-order chi connectivity index (χ0) is 13.1. The van der Waals surface area contributed by atoms with Crippen molar-refractivity contribution in [2.45, 2.75) is 38.7 Å². The second kappa shape index (κ2) is 6.33. The maximum Gasteiger partial charge on any atom is 0.110 e. The van der Waals surface area contributed by atoms with E-state index in [9.17, 15) is 0 Å². The third-order valence-corrected chi connectivity index (χ3v) is 5.03. The Morgan fingerprint density at radius 1 is 1.22 bits per heavy atom. The lowest BCUT2D eigenvalue weighted by Gasteiger charge is -2.39. The fourth-order valence-corrected chi connectivity index (χ4v) is 3.51. The molecule has 1 fully saturated rings. The first-order valence-electron chi connectivity index (χ1n) is 6.60. The van der Waals surface area contributed by atoms with Crippen LogP contribution in [-0.2, 0) is 5.88 Å². The summed E-state index contributed by atoms with van der Waals surface area (Å²) in [7, 11) is 0. The van der Waals surface area contributed by atoms with E-state index in [-0.39, 0.29) is 0 Å². The van der Waals surface area contributed by atoms with E-state index in [1.165, 1.54) is 5.01 Å². The SMILES string of the molecule is CC(C)N1CCN(C(C)c2nc(CCl)cs2)CC1. The molecule has 0 amide bonds. The first-order chi connectivity index (χ1) is 8.61. The molecular formula is C13H22ClN3S. The molecule has 1 aliphatic rings. The van der Waals surface area contributed by atoms with E-state index in [2.05, 4.69) is 40.9 Å². The van der Waals surface area contributed by atoms with Crippen molar-refractivity contribution in [1.29, 1.82) is 0 Å². The highest BCUT2D eigenvalue weighted by molar-refractivity contribution is 7.09. The average molecular weight is 288 g/mol. The van der Waals surface area contributed by atoms with Gasteiger partial charge in [-0.05, 0) is 20.8 Å². The van der Waals surface area contributed by atoms with Gasteiger partial charge < -0.3 is 0 Å². The predicted octanol–water partition coefficient (Wildman–Crippen LogP) is 2.97. The van der Waals surface area contributed by atoms with Gasteiger partial charge in [-0.25, -0.2) is 4.98 Å². The minimum Gasteiger partial charge on any atom is -0.298 e. The monoisotopic (exact) mass is 287 g/mol. The highest BCUT2D eigenvalue weighted by Gasteiger charge is 2.24. The van der Waals surface area contributed by atoms with Crippen molar-refractivity contribution in [1.82, 2.24) is 14.8 Å². The fourth-order valence-electron chi connectivity index (χ4n) is 2.37. The molecule has 0 bridgehead atoms. The number of hydrogen-bond donors (Lipinski definition) is 0. The number of rotatable bonds is 4. The van der Waals surface area contributed by atoms with Gasteiger partial charge in [0, 0.05) is 37.6 Å². The zero-order valence-corrected chi connectivity index (χ0v) is 13.0. The van der Waals surface area contributed by atoms with Crippen molar-refractivity contribution in [3.05, 3.63) is 16.1 Å². The van der Waals surface area contributed by atoms with Gasteiger partial charge in [0.1, 0.15) is 5.01 Å². The van der Waals surface area contributed by atoms with Gasteiger partial charge in [-0.15, -0.1) is 22.9 Å². The molecule has 1 saturated heterocycles. The Morgan fingerprint density at radius 3 is 2.33 bits per heavy atom. The maximum absolute atomic E-state index is 5.81. The molecule has 102 valence electrons. The van der Waals surface area contributed by atoms with E-state index >= 15 is 0 Å². The number of alkyl halides is 1. The van der Waals surface area contributed by atoms with E-state index in [1.54, 1.807) is 11.3 Å². The van der Waals surface area contributed by atoms with Crippen LogP contribution in [0.4, 0.5) is 0 Å². The van der Waals surface area contributed by atoms with Crippen LogP contribution >= 0.6 is 22.9 Å². The number of aromatic nitrogens is 1. The van der Waals surface area contributed by atoms with Gasteiger partial charge in [0.25, 0.3) is 0 Å². The Morgan fingerprint density at radius 2 is 1.83 bits per heavy atom. The Labute approximate surface area is 119 Å². The van der Waals surface area contributed by atoms with Crippen molar-refractivity contribution in [3.63, 3.8) is 0 Å². The maximum atomic E-state index is 5.81. The fraction of sp³-hybridized carbons (Fsp3) is 0.769. The second-order valence-electron chi connectivity index (χ2n) is 5.15. The molecule has 0 saturated carbocycles. The number of thiazole rings is 1. The summed E-state index contributed by atoms with van der Waals surface area (Å²) in [6, 6.07) is 1.08. The first kappa shape index (κ1) is 14.3. The molecule has 2 rings (SSSR count). The number of halogens is 1. The van der Waals surface area contributed by atoms with Gasteiger partial charge in [-0.1, -0.05) is 0 Å². The van der Waals surface area contributed by atoms with E-state index < -0.39 is 0 Å². The summed E-state index contributed by atoms with van der Waals surface area (Å²) in [6.45, 7) is 11.4. The van der Waals surface area contributed by atoms with Crippen molar-refractivity contribution in [2.75, 3.05) is 26.2 Å². The molecule has 18 heavy (non-hydrogen) atoms. The number of nitrogens with zero attached hydrogens (tertiary/aromatic N) is 3. The molecule has 0 radical (unpaired) electrons. The summed E-state index contributed by atoms with van der Waals surface area (Å²) in [4.78, 5) is 9.65. The van der Waals surface area contributed by atoms with Gasteiger partial charge in [0.2, 0.25) is 0 Å². The molecule has 5 heteroatoms. The van der Waals surface area contributed by atoms with Crippen molar-refractivity contribution in [2.24, 2.45) is 0 Å². The Kier molecular flexibility index (Phi) is 5.01. The van der Waals surface area contributed by atoms with E-state index in [1.807, 2.05) is 0 Å². The molecule has 1 aromatic heterocycles. The summed E-state index contributed by atoms with van der Waals surface area (Å²) >= 11 is 7.54. The quantitative estimate of drug-likeness (QED) is 0.794. The van der Waals surface area contributed by atoms with Gasteiger partial charge in [0.15, 0.2) is 0 Å². The normalized spacial score (nSPS) is 20.5. The molecule has 0 aliphatic carbocycles. The standard InChI is InChI=1S/C13H22ClN3S/c1-10(2)16-4-6-17(7-5-16)11(3)13-15-12(8-14)9-18-13/h9-11H,4-8H2,1-3H3. The van der Waals surface area contributed by atoms with Gasteiger partial charge >= 0.3 is 0 Å². The van der Waals surface area contributed by atoms with Gasteiger partial charge in [-0.3, -0.25) is 9.80 Å². The van der Waals surface area contributed by atoms with Gasteiger partial charge in [0.05, 0.1) is 17.6 Å². The summed E-state index contributed by atoms with van der Waals surface area (Å²) in [5.74, 6) is 0.518. The molecule has 1 atom stereocenters. The summed E-state index contributed by atoms with van der Waals surface area (Å²) in [5.41, 5.74) is 1.00. The predicted molar refractivity (Wildman–Crippen MR) is 78.4 cm³/mol. The van der Waals surface area contributed by atoms with Crippen molar-refractivity contribution >= 4 is 22.9 Å². The van der Waals surface area contributed by atoms with Crippen LogP contribution in [0.2, 0.25) is 0 Å². The summed E-state index contributed by atoms with van der Waals surface area (Å²) < 4.78 is 0. The van der Waals surface area contributed by atoms with E-state index in [0.29, 0.717) is 18.0 Å². The first-order valence-corrected chi connectivity index (χ1v) is 8.01. The molecule has 0 spiro atoms. The third kappa shape index (κ3) is 3.23. The molecule has 1 unspecified atom stereocenters. The molecule has 3 nitrogen and oxygen atoms in total. The Balaban J connectivity index is 1.92. The number of hydrogen-bond acceptors (Lipinski definition) is 4. The van der Waals surface area contributed by atoms with Crippen LogP contribution in [0, 0.1) is 0 Å². The van der Waals surface area contributed by atoms with Crippen LogP contribution in [0.3, 0.4) is 0 Å². The lowest BCUT2D eigenvalue weighted by molar-refractivity contribution is 0.0832. The lowest BCUT2D eigenvalue weighted by atomic mass is 10.2. The van der Waals surface area contributed by atoms with E-state index in [4.69, 9.17) is 11.6 Å². The highest BCUT2D eigenvalue weighted by Crippen LogP contribution is 2.25. The minimum atomic E-state index is 0.418. The van der Waals surface area contributed by atoms with Gasteiger partial charge in [-0.2, -0.15) is 0 Å². The lowest BCUT2D eigenvalue weighted by Crippen LogP contribution is -2.49. The summed E-state index contributed by atoms with van der Waals surface area (Å²) in [6.07, 6.45) is 0. The van der Waals surface area contributed by atoms with Crippen LogP contribution < -0.4 is 0 Å². The Bertz CT molecular complexity index is 372. The van der Waals surface area contributed by atoms with Crippen LogP contribution in [0.15, 0.2) is 5.38 Å². The van der Waals surface area contributed by atoms with Crippen molar-refractivity contribution < 1.29 is 0 Å². The highest BCUT2D eigenvalue weighted by atomic mass is 35.5. The topological polar surface area (TPSA) is 19.4 Å². The molecular weight excluding hydrogens is 266 g/mol.